The Morgan fingerprint density at radius 1 is 1.11 bits per heavy atom. The Morgan fingerprint density at radius 2 is 1.79 bits per heavy atom. The maximum Gasteiger partial charge on any atom is 0.238 e. The molecule has 28 heavy (non-hydrogen) atoms. The number of hydrogen-bond donors (Lipinski definition) is 4. The summed E-state index contributed by atoms with van der Waals surface area (Å²) in [7, 11) is -3.75. The van der Waals surface area contributed by atoms with E-state index < -0.39 is 10.0 Å². The standard InChI is InChI=1S/C18H18BrN5O3S/c19-15-10-21-18(22-13-6-8-14(9-7-13)28(20,26)27)24-17(15)23-16(11-25)12-4-2-1-3-5-12/h1-10,16,25H,11H2,(H2,20,26,27)(H2,21,22,23,24). The number of aliphatic hydroxyl groups excluding tert-OH is 1. The highest BCUT2D eigenvalue weighted by Crippen LogP contribution is 2.26. The second kappa shape index (κ2) is 8.65. The molecule has 2 aromatic carbocycles. The molecule has 0 saturated carbocycles. The molecule has 0 spiro atoms. The normalized spacial score (nSPS) is 12.4. The first kappa shape index (κ1) is 20.2. The van der Waals surface area contributed by atoms with E-state index in [-0.39, 0.29) is 17.5 Å². The van der Waals surface area contributed by atoms with Gasteiger partial charge in [0, 0.05) is 11.9 Å². The molecule has 5 N–H and O–H groups in total. The van der Waals surface area contributed by atoms with Gasteiger partial charge in [-0.25, -0.2) is 18.5 Å². The second-order valence-corrected chi connectivity index (χ2v) is 8.29. The average Bonchev–Trinajstić information content (AvgIpc) is 2.69. The fourth-order valence-electron chi connectivity index (χ4n) is 2.47. The van der Waals surface area contributed by atoms with Gasteiger partial charge in [-0.15, -0.1) is 0 Å². The molecule has 1 aromatic heterocycles. The van der Waals surface area contributed by atoms with Crippen LogP contribution in [-0.2, 0) is 10.0 Å². The summed E-state index contributed by atoms with van der Waals surface area (Å²) < 4.78 is 23.3. The van der Waals surface area contributed by atoms with Crippen LogP contribution in [0.4, 0.5) is 17.5 Å². The molecular weight excluding hydrogens is 446 g/mol. The van der Waals surface area contributed by atoms with E-state index in [9.17, 15) is 13.5 Å². The van der Waals surface area contributed by atoms with Crippen LogP contribution in [0.15, 0.2) is 70.2 Å². The van der Waals surface area contributed by atoms with Gasteiger partial charge in [0.05, 0.1) is 22.0 Å². The van der Waals surface area contributed by atoms with Crippen LogP contribution in [0.2, 0.25) is 0 Å². The summed E-state index contributed by atoms with van der Waals surface area (Å²) in [6.45, 7) is -0.113. The molecule has 0 fully saturated rings. The predicted octanol–water partition coefficient (Wildman–Crippen LogP) is 2.78. The largest absolute Gasteiger partial charge is 0.394 e. The zero-order chi connectivity index (χ0) is 20.1. The molecule has 0 aliphatic heterocycles. The second-order valence-electron chi connectivity index (χ2n) is 5.87. The molecule has 0 bridgehead atoms. The lowest BCUT2D eigenvalue weighted by molar-refractivity contribution is 0.276. The zero-order valence-electron chi connectivity index (χ0n) is 14.6. The van der Waals surface area contributed by atoms with Gasteiger partial charge in [-0.05, 0) is 45.8 Å². The van der Waals surface area contributed by atoms with Crippen LogP contribution in [0.1, 0.15) is 11.6 Å². The van der Waals surface area contributed by atoms with Crippen LogP contribution >= 0.6 is 15.9 Å². The fraction of sp³-hybridized carbons (Fsp3) is 0.111. The van der Waals surface area contributed by atoms with Gasteiger partial charge in [-0.2, -0.15) is 4.98 Å². The van der Waals surface area contributed by atoms with E-state index in [2.05, 4.69) is 36.5 Å². The number of rotatable bonds is 7. The number of aromatic nitrogens is 2. The topological polar surface area (TPSA) is 130 Å². The third kappa shape index (κ3) is 5.04. The van der Waals surface area contributed by atoms with E-state index in [0.29, 0.717) is 21.9 Å². The van der Waals surface area contributed by atoms with E-state index in [4.69, 9.17) is 5.14 Å². The van der Waals surface area contributed by atoms with Crippen molar-refractivity contribution in [3.63, 3.8) is 0 Å². The molecule has 3 rings (SSSR count). The summed E-state index contributed by atoms with van der Waals surface area (Å²) >= 11 is 3.40. The van der Waals surface area contributed by atoms with E-state index >= 15 is 0 Å². The first-order chi connectivity index (χ1) is 13.4. The molecule has 146 valence electrons. The van der Waals surface area contributed by atoms with Crippen LogP contribution in [0.3, 0.4) is 0 Å². The Bertz CT molecular complexity index is 1050. The zero-order valence-corrected chi connectivity index (χ0v) is 17.0. The van der Waals surface area contributed by atoms with Crippen molar-refractivity contribution < 1.29 is 13.5 Å². The molecule has 1 unspecified atom stereocenters. The first-order valence-corrected chi connectivity index (χ1v) is 10.6. The molecule has 0 saturated heterocycles. The number of anilines is 3. The summed E-state index contributed by atoms with van der Waals surface area (Å²) in [5.41, 5.74) is 1.52. The maximum atomic E-state index is 11.3. The average molecular weight is 464 g/mol. The lowest BCUT2D eigenvalue weighted by Crippen LogP contribution is -2.16. The van der Waals surface area contributed by atoms with Crippen molar-refractivity contribution in [2.45, 2.75) is 10.9 Å². The monoisotopic (exact) mass is 463 g/mol. The third-order valence-electron chi connectivity index (χ3n) is 3.88. The molecule has 0 aliphatic carbocycles. The number of aliphatic hydroxyl groups is 1. The van der Waals surface area contributed by atoms with Crippen molar-refractivity contribution in [2.24, 2.45) is 5.14 Å². The molecular formula is C18H18BrN5O3S. The van der Waals surface area contributed by atoms with E-state index in [1.165, 1.54) is 12.1 Å². The van der Waals surface area contributed by atoms with Gasteiger partial charge in [0.1, 0.15) is 5.82 Å². The Hall–Kier alpha value is -2.53. The highest BCUT2D eigenvalue weighted by atomic mass is 79.9. The van der Waals surface area contributed by atoms with E-state index in [1.807, 2.05) is 30.3 Å². The predicted molar refractivity (Wildman–Crippen MR) is 111 cm³/mol. The minimum absolute atomic E-state index is 0.0192. The number of primary sulfonamides is 1. The first-order valence-electron chi connectivity index (χ1n) is 8.21. The van der Waals surface area contributed by atoms with Crippen molar-refractivity contribution in [2.75, 3.05) is 17.2 Å². The van der Waals surface area contributed by atoms with Crippen LogP contribution < -0.4 is 15.8 Å². The third-order valence-corrected chi connectivity index (χ3v) is 5.39. The van der Waals surface area contributed by atoms with Crippen LogP contribution in [0, 0.1) is 0 Å². The van der Waals surface area contributed by atoms with Crippen molar-refractivity contribution in [3.8, 4) is 0 Å². The van der Waals surface area contributed by atoms with Crippen LogP contribution in [-0.4, -0.2) is 30.1 Å². The minimum atomic E-state index is -3.75. The molecule has 0 radical (unpaired) electrons. The SMILES string of the molecule is NS(=O)(=O)c1ccc(Nc2ncc(Br)c(NC(CO)c3ccccc3)n2)cc1. The van der Waals surface area contributed by atoms with Crippen molar-refractivity contribution in [1.29, 1.82) is 0 Å². The van der Waals surface area contributed by atoms with Gasteiger partial charge < -0.3 is 15.7 Å². The maximum absolute atomic E-state index is 11.3. The Labute approximate surface area is 171 Å². The van der Waals surface area contributed by atoms with Gasteiger partial charge in [0.15, 0.2) is 0 Å². The van der Waals surface area contributed by atoms with Crippen LogP contribution in [0.5, 0.6) is 0 Å². The van der Waals surface area contributed by atoms with E-state index in [1.54, 1.807) is 18.3 Å². The molecule has 10 heteroatoms. The van der Waals surface area contributed by atoms with Crippen molar-refractivity contribution >= 4 is 43.4 Å². The molecule has 8 nitrogen and oxygen atoms in total. The van der Waals surface area contributed by atoms with Gasteiger partial charge >= 0.3 is 0 Å². The Balaban J connectivity index is 1.79. The number of halogens is 1. The fourth-order valence-corrected chi connectivity index (χ4v) is 3.29. The number of nitrogens with zero attached hydrogens (tertiary/aromatic N) is 2. The number of sulfonamides is 1. The molecule has 3 aromatic rings. The number of nitrogens with one attached hydrogen (secondary N) is 2. The summed E-state index contributed by atoms with van der Waals surface area (Å²) in [5, 5.41) is 21.0. The Kier molecular flexibility index (Phi) is 6.25. The number of benzene rings is 2. The summed E-state index contributed by atoms with van der Waals surface area (Å²) in [6.07, 6.45) is 1.58. The number of hydrogen-bond acceptors (Lipinski definition) is 7. The van der Waals surface area contributed by atoms with E-state index in [0.717, 1.165) is 5.56 Å². The Morgan fingerprint density at radius 3 is 2.39 bits per heavy atom. The molecule has 0 aliphatic rings. The molecule has 1 heterocycles. The smallest absolute Gasteiger partial charge is 0.238 e. The quantitative estimate of drug-likeness (QED) is 0.423. The van der Waals surface area contributed by atoms with Gasteiger partial charge in [-0.3, -0.25) is 0 Å². The minimum Gasteiger partial charge on any atom is -0.394 e. The summed E-state index contributed by atoms with van der Waals surface area (Å²) in [4.78, 5) is 8.63. The summed E-state index contributed by atoms with van der Waals surface area (Å²) in [6, 6.07) is 15.1. The number of nitrogens with two attached hydrogens (primary N) is 1. The van der Waals surface area contributed by atoms with Gasteiger partial charge in [0.25, 0.3) is 0 Å². The van der Waals surface area contributed by atoms with Gasteiger partial charge in [0.2, 0.25) is 16.0 Å². The summed E-state index contributed by atoms with van der Waals surface area (Å²) in [5.74, 6) is 0.806. The highest BCUT2D eigenvalue weighted by Gasteiger charge is 2.14. The highest BCUT2D eigenvalue weighted by molar-refractivity contribution is 9.10. The molecule has 0 amide bonds. The lowest BCUT2D eigenvalue weighted by Gasteiger charge is -2.18. The van der Waals surface area contributed by atoms with Gasteiger partial charge in [-0.1, -0.05) is 30.3 Å². The molecule has 1 atom stereocenters. The van der Waals surface area contributed by atoms with Crippen molar-refractivity contribution in [3.05, 3.63) is 70.8 Å². The van der Waals surface area contributed by atoms with Crippen LogP contribution in [0.25, 0.3) is 0 Å². The lowest BCUT2D eigenvalue weighted by atomic mass is 10.1. The van der Waals surface area contributed by atoms with Crippen molar-refractivity contribution in [1.82, 2.24) is 9.97 Å².